The lowest BCUT2D eigenvalue weighted by molar-refractivity contribution is 0.103. The molecule has 2 heterocycles. The molecule has 0 aliphatic carbocycles. The number of hydrogen-bond donors (Lipinski definition) is 1. The standard InChI is InChI=1S/C18H17N3OS/c1-11-6-7-15(9-12(11)2)21-17(22)16-13(3)20-18(23-16)14-5-4-8-19-10-14/h4-10H,1-3H3,(H,21,22). The number of rotatable bonds is 3. The number of aryl methyl sites for hydroxylation is 3. The zero-order chi connectivity index (χ0) is 16.4. The smallest absolute Gasteiger partial charge is 0.267 e. The molecule has 23 heavy (non-hydrogen) atoms. The maximum Gasteiger partial charge on any atom is 0.267 e. The van der Waals surface area contributed by atoms with Gasteiger partial charge in [-0.15, -0.1) is 11.3 Å². The van der Waals surface area contributed by atoms with E-state index in [2.05, 4.69) is 22.2 Å². The summed E-state index contributed by atoms with van der Waals surface area (Å²) in [6.07, 6.45) is 3.47. The van der Waals surface area contributed by atoms with Crippen LogP contribution in [-0.2, 0) is 0 Å². The van der Waals surface area contributed by atoms with Crippen LogP contribution in [0, 0.1) is 20.8 Å². The molecule has 5 heteroatoms. The highest BCUT2D eigenvalue weighted by Crippen LogP contribution is 2.28. The lowest BCUT2D eigenvalue weighted by Gasteiger charge is -2.06. The minimum atomic E-state index is -0.126. The maximum absolute atomic E-state index is 12.5. The SMILES string of the molecule is Cc1ccc(NC(=O)c2sc(-c3cccnc3)nc2C)cc1C. The van der Waals surface area contributed by atoms with Crippen molar-refractivity contribution in [3.8, 4) is 10.6 Å². The second-order valence-corrected chi connectivity index (χ2v) is 6.43. The average Bonchev–Trinajstić information content (AvgIpc) is 2.94. The van der Waals surface area contributed by atoms with Gasteiger partial charge in [0, 0.05) is 23.6 Å². The van der Waals surface area contributed by atoms with Crippen molar-refractivity contribution in [2.45, 2.75) is 20.8 Å². The van der Waals surface area contributed by atoms with Crippen LogP contribution in [0.25, 0.3) is 10.6 Å². The number of nitrogens with one attached hydrogen (secondary N) is 1. The number of aromatic nitrogens is 2. The molecule has 0 fully saturated rings. The summed E-state index contributed by atoms with van der Waals surface area (Å²) < 4.78 is 0. The first-order valence-electron chi connectivity index (χ1n) is 7.31. The summed E-state index contributed by atoms with van der Waals surface area (Å²) in [5, 5.41) is 3.75. The third-order valence-electron chi connectivity index (χ3n) is 3.68. The second kappa shape index (κ2) is 6.30. The quantitative estimate of drug-likeness (QED) is 0.778. The Morgan fingerprint density at radius 3 is 2.65 bits per heavy atom. The summed E-state index contributed by atoms with van der Waals surface area (Å²) >= 11 is 1.38. The predicted octanol–water partition coefficient (Wildman–Crippen LogP) is 4.38. The molecule has 4 nitrogen and oxygen atoms in total. The normalized spacial score (nSPS) is 10.6. The Morgan fingerprint density at radius 2 is 1.96 bits per heavy atom. The van der Waals surface area contributed by atoms with Gasteiger partial charge in [-0.2, -0.15) is 0 Å². The van der Waals surface area contributed by atoms with E-state index < -0.39 is 0 Å². The van der Waals surface area contributed by atoms with E-state index in [0.29, 0.717) is 4.88 Å². The van der Waals surface area contributed by atoms with Gasteiger partial charge in [-0.05, 0) is 56.2 Å². The van der Waals surface area contributed by atoms with Crippen molar-refractivity contribution < 1.29 is 4.79 Å². The van der Waals surface area contributed by atoms with Gasteiger partial charge in [-0.1, -0.05) is 6.07 Å². The molecule has 3 rings (SSSR count). The van der Waals surface area contributed by atoms with E-state index in [-0.39, 0.29) is 5.91 Å². The van der Waals surface area contributed by atoms with Gasteiger partial charge in [0.05, 0.1) is 5.69 Å². The van der Waals surface area contributed by atoms with Crippen molar-refractivity contribution in [2.24, 2.45) is 0 Å². The highest BCUT2D eigenvalue weighted by molar-refractivity contribution is 7.17. The fourth-order valence-corrected chi connectivity index (χ4v) is 3.18. The average molecular weight is 323 g/mol. The van der Waals surface area contributed by atoms with E-state index in [1.165, 1.54) is 16.9 Å². The molecule has 0 bridgehead atoms. The van der Waals surface area contributed by atoms with E-state index in [9.17, 15) is 4.79 Å². The van der Waals surface area contributed by atoms with Crippen molar-refractivity contribution in [3.63, 3.8) is 0 Å². The summed E-state index contributed by atoms with van der Waals surface area (Å²) in [5.74, 6) is -0.126. The first kappa shape index (κ1) is 15.4. The number of carbonyl (C=O) groups excluding carboxylic acids is 1. The summed E-state index contributed by atoms with van der Waals surface area (Å²) in [7, 11) is 0. The molecule has 116 valence electrons. The van der Waals surface area contributed by atoms with Crippen LogP contribution in [0.4, 0.5) is 5.69 Å². The van der Waals surface area contributed by atoms with Crippen molar-refractivity contribution in [1.29, 1.82) is 0 Å². The Bertz CT molecular complexity index is 856. The van der Waals surface area contributed by atoms with Crippen LogP contribution in [0.5, 0.6) is 0 Å². The number of carbonyl (C=O) groups is 1. The fourth-order valence-electron chi connectivity index (χ4n) is 2.23. The largest absolute Gasteiger partial charge is 0.321 e. The number of benzene rings is 1. The molecule has 1 aromatic carbocycles. The Labute approximate surface area is 139 Å². The first-order chi connectivity index (χ1) is 11.0. The fraction of sp³-hybridized carbons (Fsp3) is 0.167. The van der Waals surface area contributed by atoms with Crippen LogP contribution in [0.15, 0.2) is 42.7 Å². The molecule has 0 unspecified atom stereocenters. The Hall–Kier alpha value is -2.53. The van der Waals surface area contributed by atoms with Crippen molar-refractivity contribution in [3.05, 3.63) is 64.4 Å². The van der Waals surface area contributed by atoms with E-state index in [4.69, 9.17) is 0 Å². The highest BCUT2D eigenvalue weighted by atomic mass is 32.1. The first-order valence-corrected chi connectivity index (χ1v) is 8.12. The van der Waals surface area contributed by atoms with Gasteiger partial charge in [0.15, 0.2) is 0 Å². The van der Waals surface area contributed by atoms with Gasteiger partial charge in [0.1, 0.15) is 9.88 Å². The van der Waals surface area contributed by atoms with Crippen LogP contribution >= 0.6 is 11.3 Å². The Balaban J connectivity index is 1.85. The molecule has 1 N–H and O–H groups in total. The molecular weight excluding hydrogens is 306 g/mol. The number of hydrogen-bond acceptors (Lipinski definition) is 4. The van der Waals surface area contributed by atoms with E-state index >= 15 is 0 Å². The zero-order valence-electron chi connectivity index (χ0n) is 13.3. The second-order valence-electron chi connectivity index (χ2n) is 5.43. The molecule has 2 aromatic heterocycles. The summed E-state index contributed by atoms with van der Waals surface area (Å²) in [6, 6.07) is 9.70. The lowest BCUT2D eigenvalue weighted by atomic mass is 10.1. The minimum absolute atomic E-state index is 0.126. The van der Waals surface area contributed by atoms with Gasteiger partial charge in [-0.3, -0.25) is 9.78 Å². The number of nitrogens with zero attached hydrogens (tertiary/aromatic N) is 2. The lowest BCUT2D eigenvalue weighted by Crippen LogP contribution is -2.11. The predicted molar refractivity (Wildman–Crippen MR) is 94.0 cm³/mol. The van der Waals surface area contributed by atoms with E-state index in [1.54, 1.807) is 12.4 Å². The van der Waals surface area contributed by atoms with Gasteiger partial charge < -0.3 is 5.32 Å². The number of thiazole rings is 1. The van der Waals surface area contributed by atoms with E-state index in [1.807, 2.05) is 44.2 Å². The number of pyridine rings is 1. The Kier molecular flexibility index (Phi) is 4.21. The highest BCUT2D eigenvalue weighted by Gasteiger charge is 2.16. The number of amides is 1. The van der Waals surface area contributed by atoms with Crippen LogP contribution in [0.2, 0.25) is 0 Å². The van der Waals surface area contributed by atoms with Crippen LogP contribution in [-0.4, -0.2) is 15.9 Å². The molecular formula is C18H17N3OS. The van der Waals surface area contributed by atoms with Gasteiger partial charge >= 0.3 is 0 Å². The van der Waals surface area contributed by atoms with E-state index in [0.717, 1.165) is 27.5 Å². The third-order valence-corrected chi connectivity index (χ3v) is 4.88. The monoisotopic (exact) mass is 323 g/mol. The van der Waals surface area contributed by atoms with Crippen molar-refractivity contribution in [2.75, 3.05) is 5.32 Å². The van der Waals surface area contributed by atoms with Crippen LogP contribution in [0.3, 0.4) is 0 Å². The van der Waals surface area contributed by atoms with Gasteiger partial charge in [-0.25, -0.2) is 4.98 Å². The number of anilines is 1. The molecule has 0 aliphatic rings. The van der Waals surface area contributed by atoms with Gasteiger partial charge in [0.2, 0.25) is 0 Å². The van der Waals surface area contributed by atoms with Gasteiger partial charge in [0.25, 0.3) is 5.91 Å². The molecule has 0 aliphatic heterocycles. The summed E-state index contributed by atoms with van der Waals surface area (Å²) in [6.45, 7) is 5.93. The summed E-state index contributed by atoms with van der Waals surface area (Å²) in [4.78, 5) is 21.7. The van der Waals surface area contributed by atoms with Crippen LogP contribution in [0.1, 0.15) is 26.5 Å². The zero-order valence-corrected chi connectivity index (χ0v) is 14.1. The molecule has 0 atom stereocenters. The molecule has 0 saturated carbocycles. The van der Waals surface area contributed by atoms with Crippen LogP contribution < -0.4 is 5.32 Å². The topological polar surface area (TPSA) is 54.9 Å². The molecule has 3 aromatic rings. The summed E-state index contributed by atoms with van der Waals surface area (Å²) in [5.41, 5.74) is 4.81. The third kappa shape index (κ3) is 3.29. The maximum atomic E-state index is 12.5. The Morgan fingerprint density at radius 1 is 1.13 bits per heavy atom. The minimum Gasteiger partial charge on any atom is -0.321 e. The molecule has 0 saturated heterocycles. The molecule has 0 spiro atoms. The van der Waals surface area contributed by atoms with Crippen molar-refractivity contribution in [1.82, 2.24) is 9.97 Å². The van der Waals surface area contributed by atoms with Crippen molar-refractivity contribution >= 4 is 22.9 Å². The molecule has 1 amide bonds. The molecule has 0 radical (unpaired) electrons.